The number of fused-ring (bicyclic) bond motifs is 1. The van der Waals surface area contributed by atoms with Crippen LogP contribution in [0.25, 0.3) is 10.9 Å². The SMILES string of the molecule is CC(C)N(CC(=O)N(Cc1cccn1C)C1CC1)S(=O)(=O)c1cccc2cccnc12. The summed E-state index contributed by atoms with van der Waals surface area (Å²) in [6.07, 6.45) is 5.44. The number of carbonyl (C=O) groups excluding carboxylic acids is 1. The van der Waals surface area contributed by atoms with Crippen molar-refractivity contribution in [3.63, 3.8) is 0 Å². The van der Waals surface area contributed by atoms with Gasteiger partial charge in [-0.1, -0.05) is 18.2 Å². The number of aromatic nitrogens is 2. The second kappa shape index (κ2) is 8.43. The molecule has 2 aromatic heterocycles. The fourth-order valence-corrected chi connectivity index (χ4v) is 5.58. The summed E-state index contributed by atoms with van der Waals surface area (Å²) >= 11 is 0. The van der Waals surface area contributed by atoms with Crippen LogP contribution in [-0.2, 0) is 28.4 Å². The van der Waals surface area contributed by atoms with Crippen LogP contribution in [0.2, 0.25) is 0 Å². The highest BCUT2D eigenvalue weighted by molar-refractivity contribution is 7.89. The monoisotopic (exact) mass is 440 g/mol. The fraction of sp³-hybridized carbons (Fsp3) is 0.391. The van der Waals surface area contributed by atoms with Gasteiger partial charge in [-0.05, 0) is 51.0 Å². The van der Waals surface area contributed by atoms with Crippen LogP contribution in [0.1, 0.15) is 32.4 Å². The van der Waals surface area contributed by atoms with Crippen molar-refractivity contribution >= 4 is 26.8 Å². The van der Waals surface area contributed by atoms with E-state index in [4.69, 9.17) is 0 Å². The van der Waals surface area contributed by atoms with Crippen molar-refractivity contribution in [3.05, 3.63) is 60.6 Å². The zero-order chi connectivity index (χ0) is 22.2. The smallest absolute Gasteiger partial charge is 0.245 e. The number of benzene rings is 1. The van der Waals surface area contributed by atoms with Crippen molar-refractivity contribution in [2.24, 2.45) is 7.05 Å². The van der Waals surface area contributed by atoms with E-state index in [1.165, 1.54) is 4.31 Å². The molecule has 0 saturated heterocycles. The molecule has 7 nitrogen and oxygen atoms in total. The van der Waals surface area contributed by atoms with Crippen LogP contribution in [0.15, 0.2) is 59.8 Å². The normalized spacial score (nSPS) is 14.5. The lowest BCUT2D eigenvalue weighted by Gasteiger charge is -2.29. The Kier molecular flexibility index (Phi) is 5.85. The van der Waals surface area contributed by atoms with Crippen LogP contribution in [-0.4, -0.2) is 51.7 Å². The summed E-state index contributed by atoms with van der Waals surface area (Å²) in [5.41, 5.74) is 1.45. The number of amides is 1. The average molecular weight is 441 g/mol. The number of pyridine rings is 1. The Morgan fingerprint density at radius 2 is 1.90 bits per heavy atom. The summed E-state index contributed by atoms with van der Waals surface area (Å²) < 4.78 is 30.5. The summed E-state index contributed by atoms with van der Waals surface area (Å²) in [4.78, 5) is 19.6. The molecule has 0 radical (unpaired) electrons. The largest absolute Gasteiger partial charge is 0.353 e. The summed E-state index contributed by atoms with van der Waals surface area (Å²) in [5.74, 6) is -0.172. The number of para-hydroxylation sites is 1. The first kappa shape index (κ1) is 21.5. The van der Waals surface area contributed by atoms with E-state index in [0.29, 0.717) is 12.1 Å². The summed E-state index contributed by atoms with van der Waals surface area (Å²) in [6, 6.07) is 12.5. The first-order valence-corrected chi connectivity index (χ1v) is 12.0. The second-order valence-corrected chi connectivity index (χ2v) is 10.2. The van der Waals surface area contributed by atoms with Gasteiger partial charge in [0.15, 0.2) is 0 Å². The lowest BCUT2D eigenvalue weighted by Crippen LogP contribution is -2.46. The first-order chi connectivity index (χ1) is 14.8. The molecule has 1 fully saturated rings. The van der Waals surface area contributed by atoms with Crippen molar-refractivity contribution in [2.75, 3.05) is 6.54 Å². The molecular formula is C23H28N4O3S. The Labute approximate surface area is 183 Å². The Morgan fingerprint density at radius 1 is 1.16 bits per heavy atom. The number of sulfonamides is 1. The number of carbonyl (C=O) groups is 1. The van der Waals surface area contributed by atoms with Gasteiger partial charge in [0, 0.05) is 42.6 Å². The Bertz CT molecular complexity index is 1190. The van der Waals surface area contributed by atoms with Gasteiger partial charge < -0.3 is 9.47 Å². The third-order valence-electron chi connectivity index (χ3n) is 5.74. The van der Waals surface area contributed by atoms with E-state index in [0.717, 1.165) is 23.9 Å². The molecule has 0 aliphatic heterocycles. The molecule has 1 saturated carbocycles. The predicted octanol–water partition coefficient (Wildman–Crippen LogP) is 3.16. The fourth-order valence-electron chi connectivity index (χ4n) is 3.82. The quantitative estimate of drug-likeness (QED) is 0.539. The molecule has 0 bridgehead atoms. The molecule has 8 heteroatoms. The summed E-state index contributed by atoms with van der Waals surface area (Å²) in [7, 11) is -1.97. The second-order valence-electron chi connectivity index (χ2n) is 8.34. The molecule has 1 aliphatic carbocycles. The third kappa shape index (κ3) is 4.36. The van der Waals surface area contributed by atoms with Crippen LogP contribution >= 0.6 is 0 Å². The van der Waals surface area contributed by atoms with Gasteiger partial charge in [-0.2, -0.15) is 4.31 Å². The zero-order valence-electron chi connectivity index (χ0n) is 18.1. The van der Waals surface area contributed by atoms with Gasteiger partial charge in [0.1, 0.15) is 4.90 Å². The van der Waals surface area contributed by atoms with E-state index in [-0.39, 0.29) is 29.4 Å². The molecule has 0 unspecified atom stereocenters. The molecule has 3 aromatic rings. The molecule has 1 aromatic carbocycles. The molecule has 4 rings (SSSR count). The standard InChI is InChI=1S/C23H28N4O3S/c1-17(2)27(31(29,30)21-10-4-7-18-8-5-13-24-23(18)21)16-22(28)26(19-11-12-19)15-20-9-6-14-25(20)3/h4-10,13-14,17,19H,11-12,15-16H2,1-3H3. The lowest BCUT2D eigenvalue weighted by atomic mass is 10.2. The minimum absolute atomic E-state index is 0.132. The van der Waals surface area contributed by atoms with Crippen molar-refractivity contribution in [3.8, 4) is 0 Å². The van der Waals surface area contributed by atoms with Crippen molar-refractivity contribution in [1.82, 2.24) is 18.8 Å². The van der Waals surface area contributed by atoms with E-state index >= 15 is 0 Å². The van der Waals surface area contributed by atoms with Gasteiger partial charge in [-0.15, -0.1) is 0 Å². The van der Waals surface area contributed by atoms with Gasteiger partial charge in [-0.3, -0.25) is 9.78 Å². The first-order valence-electron chi connectivity index (χ1n) is 10.5. The van der Waals surface area contributed by atoms with Crippen molar-refractivity contribution < 1.29 is 13.2 Å². The van der Waals surface area contributed by atoms with E-state index in [1.54, 1.807) is 38.2 Å². The molecule has 0 spiro atoms. The maximum Gasteiger partial charge on any atom is 0.245 e. The maximum absolute atomic E-state index is 13.6. The van der Waals surface area contributed by atoms with E-state index in [1.807, 2.05) is 47.0 Å². The molecule has 1 aliphatic rings. The average Bonchev–Trinajstić information content (AvgIpc) is 3.51. The highest BCUT2D eigenvalue weighted by atomic mass is 32.2. The Hall–Kier alpha value is -2.71. The van der Waals surface area contributed by atoms with Crippen LogP contribution in [0.3, 0.4) is 0 Å². The lowest BCUT2D eigenvalue weighted by molar-refractivity contribution is -0.133. The minimum Gasteiger partial charge on any atom is -0.353 e. The number of nitrogens with zero attached hydrogens (tertiary/aromatic N) is 4. The van der Waals surface area contributed by atoms with Crippen LogP contribution in [0.5, 0.6) is 0 Å². The zero-order valence-corrected chi connectivity index (χ0v) is 18.9. The van der Waals surface area contributed by atoms with E-state index < -0.39 is 10.0 Å². The highest BCUT2D eigenvalue weighted by Crippen LogP contribution is 2.30. The number of aryl methyl sites for hydroxylation is 1. The van der Waals surface area contributed by atoms with Crippen molar-refractivity contribution in [1.29, 1.82) is 0 Å². The number of rotatable bonds is 8. The van der Waals surface area contributed by atoms with Crippen LogP contribution in [0, 0.1) is 0 Å². The molecule has 2 heterocycles. The molecule has 1 amide bonds. The Balaban J connectivity index is 1.63. The Morgan fingerprint density at radius 3 is 2.55 bits per heavy atom. The topological polar surface area (TPSA) is 75.5 Å². The van der Waals surface area contributed by atoms with Gasteiger partial charge in [0.2, 0.25) is 15.9 Å². The van der Waals surface area contributed by atoms with Gasteiger partial charge in [0.25, 0.3) is 0 Å². The molecule has 164 valence electrons. The third-order valence-corrected chi connectivity index (χ3v) is 7.79. The van der Waals surface area contributed by atoms with Gasteiger partial charge in [-0.25, -0.2) is 8.42 Å². The number of hydrogen-bond acceptors (Lipinski definition) is 4. The summed E-state index contributed by atoms with van der Waals surface area (Å²) in [5, 5.41) is 0.752. The van der Waals surface area contributed by atoms with Gasteiger partial charge in [0.05, 0.1) is 18.6 Å². The molecule has 0 atom stereocenters. The van der Waals surface area contributed by atoms with E-state index in [2.05, 4.69) is 4.98 Å². The van der Waals surface area contributed by atoms with Crippen LogP contribution in [0.4, 0.5) is 0 Å². The van der Waals surface area contributed by atoms with Crippen LogP contribution < -0.4 is 0 Å². The molecule has 31 heavy (non-hydrogen) atoms. The van der Waals surface area contributed by atoms with E-state index in [9.17, 15) is 13.2 Å². The molecule has 0 N–H and O–H groups in total. The van der Waals surface area contributed by atoms with Gasteiger partial charge >= 0.3 is 0 Å². The molecular weight excluding hydrogens is 412 g/mol. The highest BCUT2D eigenvalue weighted by Gasteiger charge is 2.37. The summed E-state index contributed by atoms with van der Waals surface area (Å²) in [6.45, 7) is 3.88. The number of hydrogen-bond donors (Lipinski definition) is 0. The van der Waals surface area contributed by atoms with Crippen molar-refractivity contribution in [2.45, 2.75) is 50.2 Å². The predicted molar refractivity (Wildman–Crippen MR) is 120 cm³/mol. The maximum atomic E-state index is 13.6. The minimum atomic E-state index is -3.91.